The molecule has 4 nitrogen and oxygen atoms in total. The Morgan fingerprint density at radius 2 is 2.18 bits per heavy atom. The van der Waals surface area contributed by atoms with Crippen LogP contribution in [0.1, 0.15) is 28.9 Å². The van der Waals surface area contributed by atoms with Gasteiger partial charge in [0.2, 0.25) is 0 Å². The van der Waals surface area contributed by atoms with Gasteiger partial charge in [-0.05, 0) is 19.2 Å². The van der Waals surface area contributed by atoms with Crippen molar-refractivity contribution >= 4 is 5.91 Å². The Kier molecular flexibility index (Phi) is 2.78. The number of hydrogen-bond acceptors (Lipinski definition) is 3. The fourth-order valence-electron chi connectivity index (χ4n) is 1.99. The molecule has 2 rings (SSSR count). The normalized spacial score (nSPS) is 34.1. The number of amides is 1. The van der Waals surface area contributed by atoms with Crippen LogP contribution in [-0.4, -0.2) is 37.1 Å². The Morgan fingerprint density at radius 3 is 2.65 bits per heavy atom. The van der Waals surface area contributed by atoms with E-state index in [1.165, 1.54) is 4.90 Å². The third kappa shape index (κ3) is 2.67. The Morgan fingerprint density at radius 1 is 1.53 bits per heavy atom. The summed E-state index contributed by atoms with van der Waals surface area (Å²) >= 11 is 0. The molecule has 0 N–H and O–H groups in total. The van der Waals surface area contributed by atoms with E-state index in [0.29, 0.717) is 32.7 Å². The van der Waals surface area contributed by atoms with Crippen LogP contribution in [0.2, 0.25) is 0 Å². The maximum Gasteiger partial charge on any atom is 0.264 e. The van der Waals surface area contributed by atoms with E-state index in [0.717, 1.165) is 0 Å². The summed E-state index contributed by atoms with van der Waals surface area (Å²) < 4.78 is 20.5. The van der Waals surface area contributed by atoms with E-state index in [9.17, 15) is 4.79 Å². The van der Waals surface area contributed by atoms with Crippen LogP contribution in [0.4, 0.5) is 0 Å². The van der Waals surface area contributed by atoms with Gasteiger partial charge >= 0.3 is 0 Å². The van der Waals surface area contributed by atoms with Gasteiger partial charge in [0, 0.05) is 21.2 Å². The first kappa shape index (κ1) is 9.67. The van der Waals surface area contributed by atoms with Gasteiger partial charge in [0.05, 0.1) is 13.2 Å². The van der Waals surface area contributed by atoms with Gasteiger partial charge in [0.1, 0.15) is 11.6 Å². The van der Waals surface area contributed by atoms with E-state index in [-0.39, 0.29) is 16.9 Å². The molecule has 4 heteroatoms. The van der Waals surface area contributed by atoms with E-state index in [1.807, 2.05) is 13.0 Å². The smallest absolute Gasteiger partial charge is 0.264 e. The number of hydrogen-bond donors (Lipinski definition) is 0. The molecule has 2 aliphatic heterocycles. The minimum absolute atomic E-state index is 0.104. The third-order valence-electron chi connectivity index (χ3n) is 3.03. The van der Waals surface area contributed by atoms with Crippen LogP contribution in [0, 0.1) is 16.7 Å². The molecule has 0 aromatic rings. The van der Waals surface area contributed by atoms with E-state index in [2.05, 4.69) is 0 Å². The van der Waals surface area contributed by atoms with Crippen LogP contribution < -0.4 is 0 Å². The van der Waals surface area contributed by atoms with Crippen LogP contribution in [-0.2, 0) is 9.53 Å². The van der Waals surface area contributed by atoms with Crippen molar-refractivity contribution in [2.45, 2.75) is 26.1 Å². The van der Waals surface area contributed by atoms with Crippen molar-refractivity contribution in [1.82, 2.24) is 4.90 Å². The lowest BCUT2D eigenvalue weighted by atomic mass is 9.86. The highest BCUT2D eigenvalue weighted by molar-refractivity contribution is 5.97. The summed E-state index contributed by atoms with van der Waals surface area (Å²) in [6.07, 6.45) is 1.30. The molecule has 0 spiro atoms. The van der Waals surface area contributed by atoms with Gasteiger partial charge in [-0.2, -0.15) is 5.26 Å². The summed E-state index contributed by atoms with van der Waals surface area (Å²) in [5, 5.41) is 9.14. The van der Waals surface area contributed by atoms with Crippen molar-refractivity contribution < 1.29 is 12.3 Å². The molecule has 0 aromatic heterocycles. The standard InChI is InChI=1S/C13H18N2O2/c1-13(9-17-10-13)7-11(8-14)12(16)15-5-3-2-4-6-15/h7H,2-6,9-10H2,1H3/i3D,4D. The molecule has 0 radical (unpaired) electrons. The molecule has 92 valence electrons. The molecule has 2 heterocycles. The first-order valence-electron chi connectivity index (χ1n) is 6.93. The van der Waals surface area contributed by atoms with Gasteiger partial charge < -0.3 is 9.64 Å². The SMILES string of the molecule is [2H]C1CC([2H])CN(C(=O)C(C#N)=CC2(C)COC2)C1. The molecule has 0 bridgehead atoms. The zero-order valence-corrected chi connectivity index (χ0v) is 9.98. The monoisotopic (exact) mass is 236 g/mol. The average molecular weight is 236 g/mol. The van der Waals surface area contributed by atoms with E-state index in [4.69, 9.17) is 12.7 Å². The molecular formula is C13H18N2O2. The number of rotatable bonds is 2. The summed E-state index contributed by atoms with van der Waals surface area (Å²) in [5.74, 6) is -0.357. The highest BCUT2D eigenvalue weighted by Gasteiger charge is 2.33. The summed E-state index contributed by atoms with van der Waals surface area (Å²) in [5.41, 5.74) is -0.135. The Bertz CT molecular complexity index is 430. The molecule has 2 fully saturated rings. The van der Waals surface area contributed by atoms with Crippen LogP contribution >= 0.6 is 0 Å². The third-order valence-corrected chi connectivity index (χ3v) is 3.03. The van der Waals surface area contributed by atoms with Crippen LogP contribution in [0.3, 0.4) is 0 Å². The van der Waals surface area contributed by atoms with E-state index in [1.54, 1.807) is 6.08 Å². The molecule has 2 atom stereocenters. The van der Waals surface area contributed by atoms with Crippen molar-refractivity contribution in [2.24, 2.45) is 5.41 Å². The first-order chi connectivity index (χ1) is 8.93. The molecule has 2 saturated heterocycles. The molecular weight excluding hydrogens is 216 g/mol. The van der Waals surface area contributed by atoms with Gasteiger partial charge in [-0.25, -0.2) is 0 Å². The van der Waals surface area contributed by atoms with Crippen LogP contribution in [0.15, 0.2) is 11.6 Å². The second-order valence-electron chi connectivity index (χ2n) is 4.84. The summed E-state index contributed by atoms with van der Waals surface area (Å²) in [6, 6.07) is 1.95. The minimum Gasteiger partial charge on any atom is -0.379 e. The highest BCUT2D eigenvalue weighted by Crippen LogP contribution is 2.29. The zero-order chi connectivity index (χ0) is 14.0. The summed E-state index contributed by atoms with van der Waals surface area (Å²) in [6.45, 7) is 3.60. The maximum atomic E-state index is 12.3. The quantitative estimate of drug-likeness (QED) is 0.539. The minimum atomic E-state index is -0.428. The Hall–Kier alpha value is -1.34. The molecule has 17 heavy (non-hydrogen) atoms. The van der Waals surface area contributed by atoms with Gasteiger partial charge in [0.15, 0.2) is 0 Å². The molecule has 1 amide bonds. The second-order valence-corrected chi connectivity index (χ2v) is 4.84. The Labute approximate surface area is 105 Å². The number of carbonyl (C=O) groups excluding carboxylic acids is 1. The van der Waals surface area contributed by atoms with Crippen molar-refractivity contribution in [2.75, 3.05) is 26.3 Å². The zero-order valence-electron chi connectivity index (χ0n) is 12.0. The topological polar surface area (TPSA) is 53.3 Å². The lowest BCUT2D eigenvalue weighted by Gasteiger charge is -2.35. The number of ether oxygens (including phenoxy) is 1. The number of piperidine rings is 1. The number of carbonyl (C=O) groups is 1. The molecule has 2 unspecified atom stereocenters. The lowest BCUT2D eigenvalue weighted by molar-refractivity contribution is -0.127. The lowest BCUT2D eigenvalue weighted by Crippen LogP contribution is -2.40. The fraction of sp³-hybridized carbons (Fsp3) is 0.692. The van der Waals surface area contributed by atoms with Gasteiger partial charge in [-0.1, -0.05) is 13.0 Å². The predicted molar refractivity (Wildman–Crippen MR) is 63.1 cm³/mol. The van der Waals surface area contributed by atoms with Gasteiger partial charge in [-0.15, -0.1) is 0 Å². The number of likely N-dealkylation sites (tertiary alicyclic amines) is 1. The number of nitriles is 1. The van der Waals surface area contributed by atoms with Crippen LogP contribution in [0.5, 0.6) is 0 Å². The second kappa shape index (κ2) is 4.89. The summed E-state index contributed by atoms with van der Waals surface area (Å²) in [7, 11) is 0. The van der Waals surface area contributed by atoms with E-state index < -0.39 is 12.8 Å². The van der Waals surface area contributed by atoms with Crippen LogP contribution in [0.25, 0.3) is 0 Å². The molecule has 0 aliphatic carbocycles. The maximum absolute atomic E-state index is 12.3. The molecule has 2 aliphatic rings. The predicted octanol–water partition coefficient (Wildman–Crippen LogP) is 1.49. The average Bonchev–Trinajstić information content (AvgIpc) is 2.31. The number of nitrogens with zero attached hydrogens (tertiary/aromatic N) is 2. The molecule has 0 saturated carbocycles. The van der Waals surface area contributed by atoms with Crippen molar-refractivity contribution in [3.63, 3.8) is 0 Å². The Balaban J connectivity index is 2.10. The fourth-order valence-corrected chi connectivity index (χ4v) is 1.99. The van der Waals surface area contributed by atoms with Crippen molar-refractivity contribution in [1.29, 1.82) is 5.26 Å². The summed E-state index contributed by atoms with van der Waals surface area (Å²) in [4.78, 5) is 13.7. The van der Waals surface area contributed by atoms with Gasteiger partial charge in [0.25, 0.3) is 5.91 Å². The highest BCUT2D eigenvalue weighted by atomic mass is 16.5. The van der Waals surface area contributed by atoms with Crippen molar-refractivity contribution in [3.05, 3.63) is 11.6 Å². The van der Waals surface area contributed by atoms with Crippen molar-refractivity contribution in [3.8, 4) is 6.07 Å². The first-order valence-corrected chi connectivity index (χ1v) is 5.78. The largest absolute Gasteiger partial charge is 0.379 e. The molecule has 0 aromatic carbocycles. The van der Waals surface area contributed by atoms with Gasteiger partial charge in [-0.3, -0.25) is 4.79 Å². The van der Waals surface area contributed by atoms with E-state index >= 15 is 0 Å².